The molecule has 0 aromatic heterocycles. The fourth-order valence-electron chi connectivity index (χ4n) is 2.18. The zero-order chi connectivity index (χ0) is 17.3. The molecular formula is C17H26N2O3. The standard InChI is InChI=1S/C17H26N2O3/c1-16(2,3)11-7-10(15(22)19-9-13(18)20)8-12(14(11)21)17(4,5)6/h7-8,21H,9H2,1-6H3,(H2,18,20)(H,19,22). The Morgan fingerprint density at radius 2 is 1.45 bits per heavy atom. The number of aromatic hydroxyl groups is 1. The maximum atomic E-state index is 12.2. The first-order valence-corrected chi connectivity index (χ1v) is 7.28. The van der Waals surface area contributed by atoms with Crippen molar-refractivity contribution in [3.63, 3.8) is 0 Å². The molecule has 0 aliphatic carbocycles. The molecule has 0 fully saturated rings. The van der Waals surface area contributed by atoms with Crippen LogP contribution in [0.15, 0.2) is 12.1 Å². The average molecular weight is 306 g/mol. The van der Waals surface area contributed by atoms with Crippen LogP contribution in [0.4, 0.5) is 0 Å². The fraction of sp³-hybridized carbons (Fsp3) is 0.529. The van der Waals surface area contributed by atoms with Gasteiger partial charge >= 0.3 is 0 Å². The van der Waals surface area contributed by atoms with Crippen molar-refractivity contribution in [3.8, 4) is 5.75 Å². The molecule has 4 N–H and O–H groups in total. The third-order valence-electron chi connectivity index (χ3n) is 3.41. The predicted molar refractivity (Wildman–Crippen MR) is 87.0 cm³/mol. The van der Waals surface area contributed by atoms with E-state index in [2.05, 4.69) is 5.32 Å². The summed E-state index contributed by atoms with van der Waals surface area (Å²) in [4.78, 5) is 23.0. The highest BCUT2D eigenvalue weighted by atomic mass is 16.3. The molecule has 122 valence electrons. The Balaban J connectivity index is 3.41. The first-order chi connectivity index (χ1) is 9.84. The molecule has 0 bridgehead atoms. The molecule has 5 heteroatoms. The van der Waals surface area contributed by atoms with Crippen LogP contribution in [0.1, 0.15) is 63.0 Å². The molecule has 22 heavy (non-hydrogen) atoms. The average Bonchev–Trinajstić information content (AvgIpc) is 2.33. The van der Waals surface area contributed by atoms with Crippen molar-refractivity contribution >= 4 is 11.8 Å². The molecule has 0 aliphatic rings. The summed E-state index contributed by atoms with van der Waals surface area (Å²) in [5.74, 6) is -0.763. The quantitative estimate of drug-likeness (QED) is 0.799. The highest BCUT2D eigenvalue weighted by Crippen LogP contribution is 2.39. The number of primary amides is 1. The van der Waals surface area contributed by atoms with Crippen molar-refractivity contribution in [1.29, 1.82) is 0 Å². The number of nitrogens with two attached hydrogens (primary N) is 1. The van der Waals surface area contributed by atoms with Crippen molar-refractivity contribution in [2.75, 3.05) is 6.54 Å². The zero-order valence-electron chi connectivity index (χ0n) is 14.2. The van der Waals surface area contributed by atoms with Crippen LogP contribution in [0.3, 0.4) is 0 Å². The van der Waals surface area contributed by atoms with Gasteiger partial charge in [-0.3, -0.25) is 9.59 Å². The van der Waals surface area contributed by atoms with Crippen LogP contribution >= 0.6 is 0 Å². The summed E-state index contributed by atoms with van der Waals surface area (Å²) in [6.07, 6.45) is 0. The minimum atomic E-state index is -0.598. The van der Waals surface area contributed by atoms with Crippen LogP contribution in [0, 0.1) is 0 Å². The molecule has 0 saturated carbocycles. The second kappa shape index (κ2) is 5.99. The first kappa shape index (κ1) is 18.0. The van der Waals surface area contributed by atoms with E-state index in [0.717, 1.165) is 0 Å². The van der Waals surface area contributed by atoms with Gasteiger partial charge in [0.2, 0.25) is 5.91 Å². The zero-order valence-corrected chi connectivity index (χ0v) is 14.2. The molecule has 5 nitrogen and oxygen atoms in total. The van der Waals surface area contributed by atoms with Crippen LogP contribution in [-0.2, 0) is 15.6 Å². The molecule has 0 atom stereocenters. The highest BCUT2D eigenvalue weighted by Gasteiger charge is 2.27. The summed E-state index contributed by atoms with van der Waals surface area (Å²) in [7, 11) is 0. The third kappa shape index (κ3) is 4.23. The Labute approximate surface area is 131 Å². The van der Waals surface area contributed by atoms with Gasteiger partial charge in [0.05, 0.1) is 6.54 Å². The van der Waals surface area contributed by atoms with Gasteiger partial charge < -0.3 is 16.2 Å². The molecule has 0 spiro atoms. The summed E-state index contributed by atoms with van der Waals surface area (Å²) in [5, 5.41) is 13.1. The molecule has 0 saturated heterocycles. The molecule has 1 rings (SSSR count). The van der Waals surface area contributed by atoms with Crippen LogP contribution in [0.2, 0.25) is 0 Å². The number of amides is 2. The number of hydrogen-bond acceptors (Lipinski definition) is 3. The number of phenolic OH excluding ortho intramolecular Hbond substituents is 1. The van der Waals surface area contributed by atoms with Crippen LogP contribution in [-0.4, -0.2) is 23.5 Å². The Morgan fingerprint density at radius 1 is 1.05 bits per heavy atom. The smallest absolute Gasteiger partial charge is 0.251 e. The van der Waals surface area contributed by atoms with Gasteiger partial charge in [-0.15, -0.1) is 0 Å². The molecule has 2 amide bonds. The number of carbonyl (C=O) groups excluding carboxylic acids is 2. The largest absolute Gasteiger partial charge is 0.507 e. The van der Waals surface area contributed by atoms with Crippen molar-refractivity contribution in [2.24, 2.45) is 5.73 Å². The summed E-state index contributed by atoms with van der Waals surface area (Å²) in [6.45, 7) is 11.6. The van der Waals surface area contributed by atoms with E-state index in [4.69, 9.17) is 5.73 Å². The number of rotatable bonds is 3. The maximum Gasteiger partial charge on any atom is 0.251 e. The number of hydrogen-bond donors (Lipinski definition) is 3. The van der Waals surface area contributed by atoms with Crippen molar-refractivity contribution in [1.82, 2.24) is 5.32 Å². The highest BCUT2D eigenvalue weighted by molar-refractivity contribution is 5.97. The van der Waals surface area contributed by atoms with E-state index in [-0.39, 0.29) is 29.0 Å². The van der Waals surface area contributed by atoms with E-state index >= 15 is 0 Å². The Bertz CT molecular complexity index is 558. The molecule has 0 aliphatic heterocycles. The predicted octanol–water partition coefficient (Wildman–Crippen LogP) is 2.20. The topological polar surface area (TPSA) is 92.4 Å². The molecule has 0 heterocycles. The minimum Gasteiger partial charge on any atom is -0.507 e. The van der Waals surface area contributed by atoms with Crippen LogP contribution < -0.4 is 11.1 Å². The second-order valence-corrected chi connectivity index (χ2v) is 7.57. The summed E-state index contributed by atoms with van der Waals surface area (Å²) in [6, 6.07) is 3.34. The number of nitrogens with one attached hydrogen (secondary N) is 1. The summed E-state index contributed by atoms with van der Waals surface area (Å²) >= 11 is 0. The fourth-order valence-corrected chi connectivity index (χ4v) is 2.18. The van der Waals surface area contributed by atoms with Gasteiger partial charge in [-0.2, -0.15) is 0 Å². The van der Waals surface area contributed by atoms with E-state index in [0.29, 0.717) is 16.7 Å². The van der Waals surface area contributed by atoms with Gasteiger partial charge in [-0.05, 0) is 23.0 Å². The van der Waals surface area contributed by atoms with Crippen LogP contribution in [0.5, 0.6) is 5.75 Å². The Hall–Kier alpha value is -2.04. The van der Waals surface area contributed by atoms with E-state index in [9.17, 15) is 14.7 Å². The lowest BCUT2D eigenvalue weighted by Crippen LogP contribution is -2.33. The van der Waals surface area contributed by atoms with E-state index in [1.54, 1.807) is 12.1 Å². The van der Waals surface area contributed by atoms with Gasteiger partial charge in [0.25, 0.3) is 5.91 Å². The van der Waals surface area contributed by atoms with E-state index in [1.807, 2.05) is 41.5 Å². The normalized spacial score (nSPS) is 12.1. The van der Waals surface area contributed by atoms with Crippen LogP contribution in [0.25, 0.3) is 0 Å². The summed E-state index contributed by atoms with van der Waals surface area (Å²) in [5.41, 5.74) is 6.22. The lowest BCUT2D eigenvalue weighted by Gasteiger charge is -2.28. The molecule has 0 radical (unpaired) electrons. The minimum absolute atomic E-state index is 0.213. The third-order valence-corrected chi connectivity index (χ3v) is 3.41. The summed E-state index contributed by atoms with van der Waals surface area (Å²) < 4.78 is 0. The van der Waals surface area contributed by atoms with E-state index in [1.165, 1.54) is 0 Å². The molecule has 0 unspecified atom stereocenters. The number of phenols is 1. The van der Waals surface area contributed by atoms with Gasteiger partial charge in [0.15, 0.2) is 0 Å². The SMILES string of the molecule is CC(C)(C)c1cc(C(=O)NCC(N)=O)cc(C(C)(C)C)c1O. The van der Waals surface area contributed by atoms with Gasteiger partial charge in [0, 0.05) is 16.7 Å². The van der Waals surface area contributed by atoms with Crippen molar-refractivity contribution in [2.45, 2.75) is 52.4 Å². The van der Waals surface area contributed by atoms with Crippen molar-refractivity contribution < 1.29 is 14.7 Å². The number of carbonyl (C=O) groups is 2. The maximum absolute atomic E-state index is 12.2. The second-order valence-electron chi connectivity index (χ2n) is 7.57. The Kier molecular flexibility index (Phi) is 4.90. The lowest BCUT2D eigenvalue weighted by molar-refractivity contribution is -0.117. The van der Waals surface area contributed by atoms with Gasteiger partial charge in [0.1, 0.15) is 5.75 Å². The Morgan fingerprint density at radius 3 is 1.77 bits per heavy atom. The molecule has 1 aromatic carbocycles. The lowest BCUT2D eigenvalue weighted by atomic mass is 9.78. The first-order valence-electron chi connectivity index (χ1n) is 7.28. The van der Waals surface area contributed by atoms with Gasteiger partial charge in [-0.25, -0.2) is 0 Å². The molecular weight excluding hydrogens is 280 g/mol. The molecule has 1 aromatic rings. The van der Waals surface area contributed by atoms with E-state index < -0.39 is 5.91 Å². The number of benzene rings is 1. The van der Waals surface area contributed by atoms with Gasteiger partial charge in [-0.1, -0.05) is 41.5 Å². The van der Waals surface area contributed by atoms with Crippen molar-refractivity contribution in [3.05, 3.63) is 28.8 Å². The monoisotopic (exact) mass is 306 g/mol.